The normalized spacial score (nSPS) is 23.3. The molecule has 3 rings (SSSR count). The highest BCUT2D eigenvalue weighted by Crippen LogP contribution is 2.22. The third-order valence-corrected chi connectivity index (χ3v) is 5.07. The van der Waals surface area contributed by atoms with Crippen molar-refractivity contribution in [1.82, 2.24) is 20.9 Å². The summed E-state index contributed by atoms with van der Waals surface area (Å²) in [5.41, 5.74) is 7.39. The standard InChI is InChI=1S/C23H33N5/c1-4-6-20-8-7-19(14-21(20)26-9-5-2)16-27-22-17-25-15-18(3)23(22)28-12-10-24-11-13-28/h5-9,14,17,24-25,27H,4,10-13,15-16H2,1-3H3/b9-5-,20-6+,26-21-. The summed E-state index contributed by atoms with van der Waals surface area (Å²) in [5.74, 6) is 0. The maximum atomic E-state index is 4.61. The Labute approximate surface area is 169 Å². The summed E-state index contributed by atoms with van der Waals surface area (Å²) in [6, 6.07) is 0. The van der Waals surface area contributed by atoms with E-state index in [0.29, 0.717) is 0 Å². The van der Waals surface area contributed by atoms with Crippen LogP contribution < -0.4 is 16.0 Å². The third-order valence-electron chi connectivity index (χ3n) is 5.07. The summed E-state index contributed by atoms with van der Waals surface area (Å²) in [6.45, 7) is 12.3. The molecule has 28 heavy (non-hydrogen) atoms. The molecule has 1 aliphatic carbocycles. The molecule has 0 radical (unpaired) electrons. The van der Waals surface area contributed by atoms with Crippen LogP contribution in [-0.4, -0.2) is 49.9 Å². The average molecular weight is 380 g/mol. The van der Waals surface area contributed by atoms with Crippen LogP contribution in [0.25, 0.3) is 0 Å². The van der Waals surface area contributed by atoms with Crippen LogP contribution in [-0.2, 0) is 0 Å². The zero-order valence-electron chi connectivity index (χ0n) is 17.4. The molecule has 3 N–H and O–H groups in total. The Morgan fingerprint density at radius 1 is 1.25 bits per heavy atom. The van der Waals surface area contributed by atoms with Gasteiger partial charge in [0.15, 0.2) is 0 Å². The second-order valence-electron chi connectivity index (χ2n) is 7.28. The van der Waals surface area contributed by atoms with Crippen LogP contribution in [0, 0.1) is 0 Å². The molecule has 150 valence electrons. The van der Waals surface area contributed by atoms with E-state index in [9.17, 15) is 0 Å². The Bertz CT molecular complexity index is 771. The second-order valence-corrected chi connectivity index (χ2v) is 7.28. The van der Waals surface area contributed by atoms with Gasteiger partial charge in [0.1, 0.15) is 0 Å². The van der Waals surface area contributed by atoms with Crippen molar-refractivity contribution in [3.63, 3.8) is 0 Å². The molecule has 1 saturated heterocycles. The molecule has 0 bridgehead atoms. The van der Waals surface area contributed by atoms with Crippen molar-refractivity contribution in [2.24, 2.45) is 4.99 Å². The van der Waals surface area contributed by atoms with E-state index in [0.717, 1.165) is 51.4 Å². The predicted octanol–water partition coefficient (Wildman–Crippen LogP) is 3.01. The van der Waals surface area contributed by atoms with Gasteiger partial charge >= 0.3 is 0 Å². The molecule has 1 fully saturated rings. The molecular weight excluding hydrogens is 346 g/mol. The monoisotopic (exact) mass is 379 g/mol. The van der Waals surface area contributed by atoms with Gasteiger partial charge in [-0.3, -0.25) is 4.99 Å². The lowest BCUT2D eigenvalue weighted by Gasteiger charge is -2.36. The van der Waals surface area contributed by atoms with E-state index < -0.39 is 0 Å². The van der Waals surface area contributed by atoms with E-state index >= 15 is 0 Å². The van der Waals surface area contributed by atoms with Gasteiger partial charge in [0, 0.05) is 51.7 Å². The smallest absolute Gasteiger partial charge is 0.0740 e. The van der Waals surface area contributed by atoms with Crippen molar-refractivity contribution in [3.05, 3.63) is 70.9 Å². The molecule has 0 atom stereocenters. The fraction of sp³-hybridized carbons (Fsp3) is 0.435. The SMILES string of the molecule is C\C=C/N=C1/C=C(CNC2=CNCC(C)=C2N2CCNCC2)C=C/C1=C\CC. The summed E-state index contributed by atoms with van der Waals surface area (Å²) >= 11 is 0. The van der Waals surface area contributed by atoms with E-state index in [2.05, 4.69) is 70.2 Å². The van der Waals surface area contributed by atoms with Crippen LogP contribution in [0.15, 0.2) is 75.9 Å². The molecular formula is C23H33N5. The molecule has 0 saturated carbocycles. The number of dihydropyridines is 1. The number of hydrogen-bond donors (Lipinski definition) is 3. The minimum Gasteiger partial charge on any atom is -0.385 e. The van der Waals surface area contributed by atoms with Crippen LogP contribution in [0.4, 0.5) is 0 Å². The van der Waals surface area contributed by atoms with Crippen LogP contribution in [0.2, 0.25) is 0 Å². The molecule has 2 aliphatic heterocycles. The van der Waals surface area contributed by atoms with Gasteiger partial charge in [0.2, 0.25) is 0 Å². The van der Waals surface area contributed by atoms with Crippen LogP contribution in [0.5, 0.6) is 0 Å². The highest BCUT2D eigenvalue weighted by Gasteiger charge is 2.21. The number of rotatable bonds is 6. The quantitative estimate of drug-likeness (QED) is 0.664. The van der Waals surface area contributed by atoms with Gasteiger partial charge in [0.05, 0.1) is 17.1 Å². The summed E-state index contributed by atoms with van der Waals surface area (Å²) in [7, 11) is 0. The van der Waals surface area contributed by atoms with Crippen LogP contribution in [0.3, 0.4) is 0 Å². The van der Waals surface area contributed by atoms with Gasteiger partial charge < -0.3 is 20.9 Å². The highest BCUT2D eigenvalue weighted by atomic mass is 15.2. The zero-order valence-corrected chi connectivity index (χ0v) is 17.4. The number of aliphatic imine (C=N–C) groups is 1. The first-order chi connectivity index (χ1) is 13.7. The molecule has 0 aromatic heterocycles. The Hall–Kier alpha value is -2.53. The molecule has 0 aromatic carbocycles. The van der Waals surface area contributed by atoms with Gasteiger partial charge in [-0.15, -0.1) is 0 Å². The van der Waals surface area contributed by atoms with Crippen molar-refractivity contribution in [2.45, 2.75) is 27.2 Å². The fourth-order valence-corrected chi connectivity index (χ4v) is 3.71. The van der Waals surface area contributed by atoms with Crippen molar-refractivity contribution < 1.29 is 0 Å². The Kier molecular flexibility index (Phi) is 7.31. The van der Waals surface area contributed by atoms with E-state index in [-0.39, 0.29) is 0 Å². The predicted molar refractivity (Wildman–Crippen MR) is 119 cm³/mol. The molecule has 5 nitrogen and oxygen atoms in total. The van der Waals surface area contributed by atoms with Gasteiger partial charge in [-0.25, -0.2) is 0 Å². The Balaban J connectivity index is 1.72. The lowest BCUT2D eigenvalue weighted by molar-refractivity contribution is 0.296. The topological polar surface area (TPSA) is 51.7 Å². The summed E-state index contributed by atoms with van der Waals surface area (Å²) in [4.78, 5) is 7.11. The van der Waals surface area contributed by atoms with E-state index in [1.165, 1.54) is 28.1 Å². The lowest BCUT2D eigenvalue weighted by atomic mass is 9.99. The Morgan fingerprint density at radius 3 is 2.82 bits per heavy atom. The van der Waals surface area contributed by atoms with Gasteiger partial charge in [-0.1, -0.05) is 31.2 Å². The number of piperazine rings is 1. The van der Waals surface area contributed by atoms with Crippen molar-refractivity contribution in [1.29, 1.82) is 0 Å². The molecule has 5 heteroatoms. The molecule has 0 spiro atoms. The fourth-order valence-electron chi connectivity index (χ4n) is 3.71. The first-order valence-corrected chi connectivity index (χ1v) is 10.3. The number of nitrogens with zero attached hydrogens (tertiary/aromatic N) is 2. The number of hydrogen-bond acceptors (Lipinski definition) is 5. The second kappa shape index (κ2) is 10.1. The minimum absolute atomic E-state index is 0.779. The van der Waals surface area contributed by atoms with Crippen molar-refractivity contribution >= 4 is 5.71 Å². The number of nitrogens with one attached hydrogen (secondary N) is 3. The van der Waals surface area contributed by atoms with Crippen LogP contribution >= 0.6 is 0 Å². The molecule has 0 aromatic rings. The van der Waals surface area contributed by atoms with Gasteiger partial charge in [-0.2, -0.15) is 0 Å². The summed E-state index contributed by atoms with van der Waals surface area (Å²) in [6.07, 6.45) is 15.7. The molecule has 0 unspecified atom stereocenters. The van der Waals surface area contributed by atoms with Gasteiger partial charge in [-0.05, 0) is 43.1 Å². The Morgan fingerprint density at radius 2 is 2.07 bits per heavy atom. The molecule has 0 amide bonds. The summed E-state index contributed by atoms with van der Waals surface area (Å²) < 4.78 is 0. The van der Waals surface area contributed by atoms with E-state index in [1.54, 1.807) is 0 Å². The van der Waals surface area contributed by atoms with Crippen molar-refractivity contribution in [3.8, 4) is 0 Å². The average Bonchev–Trinajstić information content (AvgIpc) is 2.72. The minimum atomic E-state index is 0.779. The maximum absolute atomic E-state index is 4.61. The largest absolute Gasteiger partial charge is 0.385 e. The van der Waals surface area contributed by atoms with E-state index in [1.807, 2.05) is 19.2 Å². The molecule has 2 heterocycles. The van der Waals surface area contributed by atoms with Crippen LogP contribution in [0.1, 0.15) is 27.2 Å². The lowest BCUT2D eigenvalue weighted by Crippen LogP contribution is -2.45. The van der Waals surface area contributed by atoms with Crippen molar-refractivity contribution in [2.75, 3.05) is 39.3 Å². The first-order valence-electron chi connectivity index (χ1n) is 10.3. The molecule has 3 aliphatic rings. The third kappa shape index (κ3) is 5.04. The van der Waals surface area contributed by atoms with Gasteiger partial charge in [0.25, 0.3) is 0 Å². The summed E-state index contributed by atoms with van der Waals surface area (Å²) in [5, 5.41) is 10.5. The zero-order chi connectivity index (χ0) is 19.8. The van der Waals surface area contributed by atoms with E-state index in [4.69, 9.17) is 0 Å². The first kappa shape index (κ1) is 20.2. The highest BCUT2D eigenvalue weighted by molar-refractivity contribution is 6.12. The number of allylic oxidation sites excluding steroid dienone is 5. The maximum Gasteiger partial charge on any atom is 0.0740 e.